The second kappa shape index (κ2) is 7.41. The monoisotopic (exact) mass is 321 g/mol. The van der Waals surface area contributed by atoms with Crippen LogP contribution in [0.25, 0.3) is 0 Å². The van der Waals surface area contributed by atoms with E-state index < -0.39 is 0 Å². The Bertz CT molecular complexity index is 822. The van der Waals surface area contributed by atoms with Gasteiger partial charge in [-0.15, -0.1) is 5.10 Å². The largest absolute Gasteiger partial charge is 0.492 e. The third-order valence-electron chi connectivity index (χ3n) is 3.28. The van der Waals surface area contributed by atoms with Crippen molar-refractivity contribution in [1.29, 1.82) is 0 Å². The predicted octanol–water partition coefficient (Wildman–Crippen LogP) is 4.07. The lowest BCUT2D eigenvalue weighted by Gasteiger charge is -2.12. The van der Waals surface area contributed by atoms with Crippen LogP contribution in [0.15, 0.2) is 54.7 Å². The van der Waals surface area contributed by atoms with Crippen molar-refractivity contribution in [3.05, 3.63) is 60.3 Å². The number of hydrogen-bond acceptors (Lipinski definition) is 6. The van der Waals surface area contributed by atoms with Crippen molar-refractivity contribution in [2.75, 3.05) is 17.2 Å². The van der Waals surface area contributed by atoms with Gasteiger partial charge >= 0.3 is 0 Å². The van der Waals surface area contributed by atoms with Crippen LogP contribution in [0, 0.1) is 6.92 Å². The number of nitrogens with one attached hydrogen (secondary N) is 2. The highest BCUT2D eigenvalue weighted by Crippen LogP contribution is 2.26. The van der Waals surface area contributed by atoms with Crippen LogP contribution in [0.3, 0.4) is 0 Å². The van der Waals surface area contributed by atoms with E-state index in [0.717, 1.165) is 22.7 Å². The zero-order valence-electron chi connectivity index (χ0n) is 13.7. The molecule has 122 valence electrons. The van der Waals surface area contributed by atoms with E-state index in [2.05, 4.69) is 25.8 Å². The number of para-hydroxylation sites is 2. The van der Waals surface area contributed by atoms with E-state index in [1.54, 1.807) is 6.20 Å². The Morgan fingerprint density at radius 3 is 2.75 bits per heavy atom. The highest BCUT2D eigenvalue weighted by atomic mass is 16.5. The van der Waals surface area contributed by atoms with Crippen LogP contribution in [0.2, 0.25) is 0 Å². The number of ether oxygens (including phenoxy) is 1. The molecule has 0 bridgehead atoms. The number of anilines is 4. The molecule has 3 rings (SSSR count). The summed E-state index contributed by atoms with van der Waals surface area (Å²) in [6, 6.07) is 15.7. The molecule has 1 aromatic heterocycles. The molecule has 0 atom stereocenters. The van der Waals surface area contributed by atoms with Crippen LogP contribution in [0.1, 0.15) is 12.5 Å². The standard InChI is InChI=1S/C18H19N5O/c1-3-24-16-10-5-4-9-15(16)21-17-12-19-23-18(22-17)20-14-8-6-7-13(2)11-14/h4-12H,3H2,1-2H3,(H2,20,21,22,23). The van der Waals surface area contributed by atoms with Crippen molar-refractivity contribution in [2.24, 2.45) is 0 Å². The highest BCUT2D eigenvalue weighted by molar-refractivity contribution is 5.64. The van der Waals surface area contributed by atoms with Gasteiger partial charge in [-0.2, -0.15) is 10.1 Å². The quantitative estimate of drug-likeness (QED) is 0.713. The van der Waals surface area contributed by atoms with E-state index in [9.17, 15) is 0 Å². The molecule has 3 aromatic rings. The van der Waals surface area contributed by atoms with E-state index in [1.807, 2.05) is 62.4 Å². The molecule has 0 aliphatic rings. The van der Waals surface area contributed by atoms with E-state index in [1.165, 1.54) is 0 Å². The van der Waals surface area contributed by atoms with Gasteiger partial charge in [0.05, 0.1) is 18.5 Å². The van der Waals surface area contributed by atoms with Crippen molar-refractivity contribution < 1.29 is 4.74 Å². The molecule has 1 heterocycles. The third-order valence-corrected chi connectivity index (χ3v) is 3.28. The summed E-state index contributed by atoms with van der Waals surface area (Å²) in [6.45, 7) is 4.58. The fourth-order valence-corrected chi connectivity index (χ4v) is 2.26. The van der Waals surface area contributed by atoms with Gasteiger partial charge in [0.15, 0.2) is 5.82 Å². The Morgan fingerprint density at radius 1 is 1.04 bits per heavy atom. The van der Waals surface area contributed by atoms with E-state index in [-0.39, 0.29) is 0 Å². The first-order valence-electron chi connectivity index (χ1n) is 7.77. The topological polar surface area (TPSA) is 72.0 Å². The highest BCUT2D eigenvalue weighted by Gasteiger charge is 2.06. The molecule has 6 heteroatoms. The number of hydrogen-bond donors (Lipinski definition) is 2. The third kappa shape index (κ3) is 3.98. The Kier molecular flexibility index (Phi) is 4.86. The number of aromatic nitrogens is 3. The second-order valence-electron chi connectivity index (χ2n) is 5.21. The van der Waals surface area contributed by atoms with Crippen LogP contribution in [-0.2, 0) is 0 Å². The van der Waals surface area contributed by atoms with Crippen LogP contribution >= 0.6 is 0 Å². The van der Waals surface area contributed by atoms with Gasteiger partial charge in [-0.25, -0.2) is 0 Å². The Labute approximate surface area is 140 Å². The summed E-state index contributed by atoms with van der Waals surface area (Å²) in [5, 5.41) is 14.4. The van der Waals surface area contributed by atoms with Crippen molar-refractivity contribution in [3.8, 4) is 5.75 Å². The van der Waals surface area contributed by atoms with Crippen molar-refractivity contribution in [2.45, 2.75) is 13.8 Å². The van der Waals surface area contributed by atoms with Crippen LogP contribution in [0.4, 0.5) is 23.1 Å². The van der Waals surface area contributed by atoms with Gasteiger partial charge in [0.2, 0.25) is 5.95 Å². The molecule has 0 amide bonds. The molecule has 0 unspecified atom stereocenters. The average molecular weight is 321 g/mol. The average Bonchev–Trinajstić information content (AvgIpc) is 2.57. The molecule has 2 N–H and O–H groups in total. The molecular weight excluding hydrogens is 302 g/mol. The SMILES string of the molecule is CCOc1ccccc1Nc1cnnc(Nc2cccc(C)c2)n1. The number of rotatable bonds is 6. The van der Waals surface area contributed by atoms with Crippen LogP contribution in [-0.4, -0.2) is 21.8 Å². The predicted molar refractivity (Wildman–Crippen MR) is 95.2 cm³/mol. The number of aryl methyl sites for hydroxylation is 1. The zero-order chi connectivity index (χ0) is 16.8. The van der Waals surface area contributed by atoms with Gasteiger partial charge in [-0.1, -0.05) is 24.3 Å². The first-order valence-corrected chi connectivity index (χ1v) is 7.77. The number of benzene rings is 2. The summed E-state index contributed by atoms with van der Waals surface area (Å²) in [5.74, 6) is 1.79. The molecule has 6 nitrogen and oxygen atoms in total. The van der Waals surface area contributed by atoms with E-state index in [0.29, 0.717) is 18.4 Å². The summed E-state index contributed by atoms with van der Waals surface area (Å²) in [7, 11) is 0. The summed E-state index contributed by atoms with van der Waals surface area (Å²) in [4.78, 5) is 4.44. The van der Waals surface area contributed by atoms with Crippen molar-refractivity contribution in [3.63, 3.8) is 0 Å². The van der Waals surface area contributed by atoms with Gasteiger partial charge in [-0.3, -0.25) is 0 Å². The summed E-state index contributed by atoms with van der Waals surface area (Å²) < 4.78 is 5.61. The van der Waals surface area contributed by atoms with Gasteiger partial charge in [0.1, 0.15) is 5.75 Å². The minimum atomic E-state index is 0.430. The van der Waals surface area contributed by atoms with Gasteiger partial charge in [0.25, 0.3) is 0 Å². The summed E-state index contributed by atoms with van der Waals surface area (Å²) in [6.07, 6.45) is 1.57. The molecule has 0 saturated carbocycles. The fourth-order valence-electron chi connectivity index (χ4n) is 2.26. The Morgan fingerprint density at radius 2 is 1.92 bits per heavy atom. The molecule has 24 heavy (non-hydrogen) atoms. The maximum Gasteiger partial charge on any atom is 0.249 e. The molecule has 0 aliphatic heterocycles. The zero-order valence-corrected chi connectivity index (χ0v) is 13.7. The van der Waals surface area contributed by atoms with Gasteiger partial charge < -0.3 is 15.4 Å². The van der Waals surface area contributed by atoms with Gasteiger partial charge in [-0.05, 0) is 43.7 Å². The minimum Gasteiger partial charge on any atom is -0.492 e. The smallest absolute Gasteiger partial charge is 0.249 e. The lowest BCUT2D eigenvalue weighted by atomic mass is 10.2. The molecule has 0 fully saturated rings. The van der Waals surface area contributed by atoms with E-state index >= 15 is 0 Å². The van der Waals surface area contributed by atoms with Crippen LogP contribution < -0.4 is 15.4 Å². The number of nitrogens with zero attached hydrogens (tertiary/aromatic N) is 3. The van der Waals surface area contributed by atoms with Gasteiger partial charge in [0, 0.05) is 5.69 Å². The maximum atomic E-state index is 5.61. The van der Waals surface area contributed by atoms with Crippen molar-refractivity contribution in [1.82, 2.24) is 15.2 Å². The van der Waals surface area contributed by atoms with Crippen molar-refractivity contribution >= 4 is 23.1 Å². The first-order chi connectivity index (χ1) is 11.7. The maximum absolute atomic E-state index is 5.61. The second-order valence-corrected chi connectivity index (χ2v) is 5.21. The summed E-state index contributed by atoms with van der Waals surface area (Å²) in [5.41, 5.74) is 2.91. The molecular formula is C18H19N5O. The summed E-state index contributed by atoms with van der Waals surface area (Å²) >= 11 is 0. The molecule has 2 aromatic carbocycles. The normalized spacial score (nSPS) is 10.2. The molecule has 0 radical (unpaired) electrons. The minimum absolute atomic E-state index is 0.430. The molecule has 0 aliphatic carbocycles. The van der Waals surface area contributed by atoms with Crippen LogP contribution in [0.5, 0.6) is 5.75 Å². The lowest BCUT2D eigenvalue weighted by molar-refractivity contribution is 0.342. The Balaban J connectivity index is 1.78. The first kappa shape index (κ1) is 15.7. The molecule has 0 spiro atoms. The fraction of sp³-hybridized carbons (Fsp3) is 0.167. The van der Waals surface area contributed by atoms with E-state index in [4.69, 9.17) is 4.74 Å². The Hall–Kier alpha value is -3.15. The lowest BCUT2D eigenvalue weighted by Crippen LogP contribution is -2.03. The molecule has 0 saturated heterocycles.